The van der Waals surface area contributed by atoms with Crippen LogP contribution in [0.3, 0.4) is 0 Å². The van der Waals surface area contributed by atoms with Crippen LogP contribution in [0.15, 0.2) is 36.4 Å². The molecular formula is C16H15O4P. The second-order valence-electron chi connectivity index (χ2n) is 4.94. The van der Waals surface area contributed by atoms with Crippen LogP contribution < -0.4 is 9.42 Å². The molecule has 0 heterocycles. The minimum absolute atomic E-state index is 0.0805. The zero-order valence-corrected chi connectivity index (χ0v) is 12.9. The second kappa shape index (κ2) is 6.17. The first-order valence-electron chi connectivity index (χ1n) is 6.43. The van der Waals surface area contributed by atoms with Crippen molar-refractivity contribution in [1.29, 1.82) is 0 Å². The van der Waals surface area contributed by atoms with Crippen LogP contribution in [0.4, 0.5) is 0 Å². The molecule has 0 fully saturated rings. The summed E-state index contributed by atoms with van der Waals surface area (Å²) in [5, 5.41) is 0. The summed E-state index contributed by atoms with van der Waals surface area (Å²) in [5.74, 6) is 0.114. The lowest BCUT2D eigenvalue weighted by atomic mass is 9.93. The number of aryl methyl sites for hydroxylation is 3. The minimum Gasteiger partial charge on any atom is -0.558 e. The molecular weight excluding hydrogens is 287 g/mol. The van der Waals surface area contributed by atoms with E-state index >= 15 is 0 Å². The van der Waals surface area contributed by atoms with Crippen LogP contribution >= 0.6 is 8.25 Å². The highest BCUT2D eigenvalue weighted by atomic mass is 31.1. The van der Waals surface area contributed by atoms with E-state index in [4.69, 9.17) is 0 Å². The fourth-order valence-electron chi connectivity index (χ4n) is 2.44. The van der Waals surface area contributed by atoms with E-state index in [2.05, 4.69) is 4.52 Å². The van der Waals surface area contributed by atoms with E-state index in [0.717, 1.165) is 16.7 Å². The quantitative estimate of drug-likeness (QED) is 0.642. The Bertz CT molecular complexity index is 682. The lowest BCUT2D eigenvalue weighted by molar-refractivity contribution is -0.178. The molecule has 0 amide bonds. The van der Waals surface area contributed by atoms with Gasteiger partial charge in [-0.25, -0.2) is 0 Å². The van der Waals surface area contributed by atoms with Gasteiger partial charge in [0, 0.05) is 11.1 Å². The predicted octanol–water partition coefficient (Wildman–Crippen LogP) is 3.24. The third-order valence-electron chi connectivity index (χ3n) is 3.20. The van der Waals surface area contributed by atoms with Gasteiger partial charge in [-0.3, -0.25) is 9.32 Å². The lowest BCUT2D eigenvalue weighted by Gasteiger charge is -2.10. The molecule has 108 valence electrons. The van der Waals surface area contributed by atoms with Crippen molar-refractivity contribution in [3.05, 3.63) is 64.2 Å². The SMILES string of the molecule is Cc1cc(C)c(C(=O)c2ccc(O[P+](=O)[O-])cc2)c(C)c1. The maximum absolute atomic E-state index is 12.6. The molecule has 0 aromatic heterocycles. The van der Waals surface area contributed by atoms with Gasteiger partial charge in [-0.05, 0) is 60.7 Å². The average Bonchev–Trinajstić information content (AvgIpc) is 2.37. The summed E-state index contributed by atoms with van der Waals surface area (Å²) in [5.41, 5.74) is 4.16. The first-order valence-corrected chi connectivity index (χ1v) is 7.53. The molecule has 0 saturated carbocycles. The molecule has 1 unspecified atom stereocenters. The van der Waals surface area contributed by atoms with E-state index in [1.54, 1.807) is 12.1 Å². The number of carbonyl (C=O) groups excluding carboxylic acids is 1. The van der Waals surface area contributed by atoms with Crippen LogP contribution in [0.5, 0.6) is 5.75 Å². The monoisotopic (exact) mass is 302 g/mol. The molecule has 2 aromatic carbocycles. The maximum atomic E-state index is 12.6. The minimum atomic E-state index is -2.94. The molecule has 4 nitrogen and oxygen atoms in total. The highest BCUT2D eigenvalue weighted by Crippen LogP contribution is 2.24. The predicted molar refractivity (Wildman–Crippen MR) is 78.8 cm³/mol. The Hall–Kier alpha value is -2.03. The summed E-state index contributed by atoms with van der Waals surface area (Å²) in [6.07, 6.45) is 0. The van der Waals surface area contributed by atoms with Gasteiger partial charge in [-0.15, -0.1) is 0 Å². The van der Waals surface area contributed by atoms with Crippen LogP contribution in [-0.4, -0.2) is 5.78 Å². The van der Waals surface area contributed by atoms with Crippen molar-refractivity contribution in [3.63, 3.8) is 0 Å². The summed E-state index contributed by atoms with van der Waals surface area (Å²) in [6, 6.07) is 10.0. The van der Waals surface area contributed by atoms with E-state index in [1.165, 1.54) is 12.1 Å². The van der Waals surface area contributed by atoms with E-state index in [9.17, 15) is 14.3 Å². The van der Waals surface area contributed by atoms with E-state index in [0.29, 0.717) is 11.1 Å². The Morgan fingerprint density at radius 1 is 1.05 bits per heavy atom. The maximum Gasteiger partial charge on any atom is 0.539 e. The number of carbonyl (C=O) groups is 1. The molecule has 0 radical (unpaired) electrons. The number of rotatable bonds is 4. The fraction of sp³-hybridized carbons (Fsp3) is 0.188. The van der Waals surface area contributed by atoms with Crippen molar-refractivity contribution >= 4 is 14.0 Å². The molecule has 5 heteroatoms. The number of hydrogen-bond donors (Lipinski definition) is 0. The Labute approximate surface area is 124 Å². The summed E-state index contributed by atoms with van der Waals surface area (Å²) in [4.78, 5) is 23.1. The molecule has 0 bridgehead atoms. The molecule has 21 heavy (non-hydrogen) atoms. The van der Waals surface area contributed by atoms with Crippen LogP contribution in [0.25, 0.3) is 0 Å². The van der Waals surface area contributed by atoms with E-state index in [-0.39, 0.29) is 11.5 Å². The third-order valence-corrected chi connectivity index (χ3v) is 3.56. The third kappa shape index (κ3) is 3.54. The summed E-state index contributed by atoms with van der Waals surface area (Å²) < 4.78 is 15.0. The van der Waals surface area contributed by atoms with Crippen LogP contribution in [0.2, 0.25) is 0 Å². The molecule has 0 saturated heterocycles. The summed E-state index contributed by atoms with van der Waals surface area (Å²) in [6.45, 7) is 5.81. The van der Waals surface area contributed by atoms with Gasteiger partial charge < -0.3 is 4.89 Å². The number of hydrogen-bond acceptors (Lipinski definition) is 4. The Kier molecular flexibility index (Phi) is 4.51. The smallest absolute Gasteiger partial charge is 0.539 e. The molecule has 0 aliphatic carbocycles. The molecule has 0 spiro atoms. The highest BCUT2D eigenvalue weighted by molar-refractivity contribution is 7.31. The van der Waals surface area contributed by atoms with Gasteiger partial charge in [0.05, 0.1) is 0 Å². The second-order valence-corrected chi connectivity index (χ2v) is 5.57. The van der Waals surface area contributed by atoms with Crippen molar-refractivity contribution in [3.8, 4) is 5.75 Å². The van der Waals surface area contributed by atoms with Crippen molar-refractivity contribution in [2.75, 3.05) is 0 Å². The first kappa shape index (κ1) is 15.4. The highest BCUT2D eigenvalue weighted by Gasteiger charge is 2.15. The zero-order chi connectivity index (χ0) is 15.6. The normalized spacial score (nSPS) is 11.1. The van der Waals surface area contributed by atoms with Gasteiger partial charge in [-0.2, -0.15) is 0 Å². The van der Waals surface area contributed by atoms with Crippen molar-refractivity contribution in [1.82, 2.24) is 0 Å². The number of ketones is 1. The van der Waals surface area contributed by atoms with Crippen molar-refractivity contribution < 1.29 is 18.8 Å². The van der Waals surface area contributed by atoms with Gasteiger partial charge in [0.2, 0.25) is 0 Å². The van der Waals surface area contributed by atoms with Crippen LogP contribution in [0.1, 0.15) is 32.6 Å². The summed E-state index contributed by atoms with van der Waals surface area (Å²) >= 11 is 0. The largest absolute Gasteiger partial charge is 0.558 e. The molecule has 0 N–H and O–H groups in total. The van der Waals surface area contributed by atoms with Gasteiger partial charge in [0.1, 0.15) is 0 Å². The topological polar surface area (TPSA) is 66.4 Å². The van der Waals surface area contributed by atoms with E-state index < -0.39 is 8.25 Å². The molecule has 2 rings (SSSR count). The van der Waals surface area contributed by atoms with E-state index in [1.807, 2.05) is 32.9 Å². The summed E-state index contributed by atoms with van der Waals surface area (Å²) in [7, 11) is -2.94. The van der Waals surface area contributed by atoms with Gasteiger partial charge in [0.15, 0.2) is 11.5 Å². The van der Waals surface area contributed by atoms with Crippen molar-refractivity contribution in [2.24, 2.45) is 0 Å². The van der Waals surface area contributed by atoms with Gasteiger partial charge >= 0.3 is 8.25 Å². The average molecular weight is 302 g/mol. The Morgan fingerprint density at radius 3 is 2.05 bits per heavy atom. The molecule has 0 aliphatic rings. The van der Waals surface area contributed by atoms with Gasteiger partial charge in [-0.1, -0.05) is 17.7 Å². The Balaban J connectivity index is 2.34. The van der Waals surface area contributed by atoms with Crippen LogP contribution in [0, 0.1) is 20.8 Å². The van der Waals surface area contributed by atoms with Gasteiger partial charge in [0.25, 0.3) is 0 Å². The molecule has 1 atom stereocenters. The molecule has 2 aromatic rings. The first-order chi connectivity index (χ1) is 9.88. The van der Waals surface area contributed by atoms with Crippen molar-refractivity contribution in [2.45, 2.75) is 20.8 Å². The number of benzene rings is 2. The standard InChI is InChI=1S/C16H15O4P/c1-10-8-11(2)15(12(3)9-10)16(17)13-4-6-14(7-5-13)20-21(18)19/h4-9H,1-3H3. The lowest BCUT2D eigenvalue weighted by Crippen LogP contribution is -2.06. The fourth-order valence-corrected chi connectivity index (χ4v) is 2.73. The Morgan fingerprint density at radius 2 is 1.57 bits per heavy atom. The zero-order valence-electron chi connectivity index (χ0n) is 12.0. The molecule has 0 aliphatic heterocycles. The van der Waals surface area contributed by atoms with Crippen LogP contribution in [-0.2, 0) is 4.57 Å².